The Bertz CT molecular complexity index is 1130. The minimum absolute atomic E-state index is 0.0617. The monoisotopic (exact) mass is 493 g/mol. The highest BCUT2D eigenvalue weighted by Crippen LogP contribution is 2.46. The second kappa shape index (κ2) is 9.37. The summed E-state index contributed by atoms with van der Waals surface area (Å²) in [5.41, 5.74) is 6.32. The molecule has 166 valence electrons. The van der Waals surface area contributed by atoms with Gasteiger partial charge in [0.25, 0.3) is 0 Å². The van der Waals surface area contributed by atoms with Crippen molar-refractivity contribution in [1.82, 2.24) is 0 Å². The van der Waals surface area contributed by atoms with Crippen LogP contribution in [0.2, 0.25) is 0 Å². The predicted molar refractivity (Wildman–Crippen MR) is 132 cm³/mol. The molecule has 4 rings (SSSR count). The van der Waals surface area contributed by atoms with E-state index in [0.29, 0.717) is 11.9 Å². The molecule has 1 aliphatic rings. The summed E-state index contributed by atoms with van der Waals surface area (Å²) in [5, 5.41) is 0.614. The lowest BCUT2D eigenvalue weighted by molar-refractivity contribution is -0.129. The second-order valence-corrected chi connectivity index (χ2v) is 8.95. The van der Waals surface area contributed by atoms with Crippen molar-refractivity contribution in [3.05, 3.63) is 88.5 Å². The predicted octanol–water partition coefficient (Wildman–Crippen LogP) is 6.30. The second-order valence-electron chi connectivity index (χ2n) is 8.30. The third kappa shape index (κ3) is 4.14. The van der Waals surface area contributed by atoms with Gasteiger partial charge in [-0.15, -0.1) is 0 Å². The van der Waals surface area contributed by atoms with Crippen LogP contribution < -0.4 is 14.4 Å². The van der Waals surface area contributed by atoms with Gasteiger partial charge in [0.15, 0.2) is 0 Å². The van der Waals surface area contributed by atoms with E-state index in [0.717, 1.165) is 45.0 Å². The number of ether oxygens (including phenoxy) is 2. The Hall–Kier alpha value is -2.79. The first-order chi connectivity index (χ1) is 15.4. The van der Waals surface area contributed by atoms with E-state index in [1.807, 2.05) is 49.9 Å². The van der Waals surface area contributed by atoms with E-state index in [1.54, 1.807) is 7.11 Å². The highest BCUT2D eigenvalue weighted by atomic mass is 79.9. The molecule has 0 spiro atoms. The van der Waals surface area contributed by atoms with Gasteiger partial charge in [-0.3, -0.25) is 4.79 Å². The molecular weight excluding hydrogens is 466 g/mol. The average Bonchev–Trinajstić information content (AvgIpc) is 2.80. The van der Waals surface area contributed by atoms with E-state index in [2.05, 4.69) is 52.3 Å². The number of rotatable bonds is 7. The fraction of sp³-hybridized carbons (Fsp3) is 0.296. The van der Waals surface area contributed by atoms with Gasteiger partial charge >= 0.3 is 0 Å². The number of alkyl halides is 1. The molecule has 1 saturated heterocycles. The largest absolute Gasteiger partial charge is 0.496 e. The van der Waals surface area contributed by atoms with Gasteiger partial charge in [0.1, 0.15) is 18.1 Å². The molecule has 1 amide bonds. The van der Waals surface area contributed by atoms with Gasteiger partial charge in [-0.05, 0) is 60.7 Å². The van der Waals surface area contributed by atoms with Crippen LogP contribution in [0.25, 0.3) is 0 Å². The molecule has 3 aromatic rings. The molecule has 0 saturated carbocycles. The van der Waals surface area contributed by atoms with Crippen molar-refractivity contribution in [2.45, 2.75) is 33.4 Å². The third-order valence-corrected chi connectivity index (χ3v) is 6.97. The minimum Gasteiger partial charge on any atom is -0.496 e. The molecule has 2 atom stereocenters. The molecule has 32 heavy (non-hydrogen) atoms. The highest BCUT2D eigenvalue weighted by molar-refractivity contribution is 9.09. The molecule has 0 bridgehead atoms. The molecule has 0 N–H and O–H groups in total. The number of amides is 1. The summed E-state index contributed by atoms with van der Waals surface area (Å²) in [6.07, 6.45) is 0. The van der Waals surface area contributed by atoms with E-state index in [4.69, 9.17) is 9.47 Å². The summed E-state index contributed by atoms with van der Waals surface area (Å²) < 4.78 is 11.7. The standard InChI is InChI=1S/C27H28BrNO3/c1-17-10-11-21(13-24(17)32-16-20-8-6-5-7-9-20)26-23(15-28)27(30)29(26)22-12-18(2)19(3)25(14-22)31-4/h5-14,23,26H,15-16H2,1-4H3/t23-,26-/m0/s1. The van der Waals surface area contributed by atoms with Crippen molar-refractivity contribution in [1.29, 1.82) is 0 Å². The Balaban J connectivity index is 1.66. The summed E-state index contributed by atoms with van der Waals surface area (Å²) >= 11 is 3.55. The molecule has 3 aromatic carbocycles. The van der Waals surface area contributed by atoms with Crippen LogP contribution in [0.5, 0.6) is 11.5 Å². The molecule has 1 fully saturated rings. The molecule has 4 nitrogen and oxygen atoms in total. The van der Waals surface area contributed by atoms with Gasteiger partial charge in [0.2, 0.25) is 5.91 Å². The number of hydrogen-bond acceptors (Lipinski definition) is 3. The Morgan fingerprint density at radius 3 is 2.38 bits per heavy atom. The molecular formula is C27H28BrNO3. The summed E-state index contributed by atoms with van der Waals surface area (Å²) in [6.45, 7) is 6.63. The van der Waals surface area contributed by atoms with Gasteiger partial charge in [-0.2, -0.15) is 0 Å². The number of aryl methyl sites for hydroxylation is 2. The maximum atomic E-state index is 13.1. The van der Waals surface area contributed by atoms with Gasteiger partial charge < -0.3 is 14.4 Å². The summed E-state index contributed by atoms with van der Waals surface area (Å²) in [6, 6.07) is 20.3. The van der Waals surface area contributed by atoms with Crippen LogP contribution in [0.3, 0.4) is 0 Å². The van der Waals surface area contributed by atoms with E-state index in [-0.39, 0.29) is 17.9 Å². The highest BCUT2D eigenvalue weighted by Gasteiger charge is 2.48. The first-order valence-electron chi connectivity index (χ1n) is 10.8. The lowest BCUT2D eigenvalue weighted by Crippen LogP contribution is -2.56. The Morgan fingerprint density at radius 2 is 1.69 bits per heavy atom. The number of β-lactam (4-membered cyclic amide) rings is 1. The number of halogens is 1. The van der Waals surface area contributed by atoms with Crippen LogP contribution in [-0.2, 0) is 11.4 Å². The number of carbonyl (C=O) groups excluding carboxylic acids is 1. The number of methoxy groups -OCH3 is 1. The first-order valence-corrected chi connectivity index (χ1v) is 11.9. The van der Waals surface area contributed by atoms with Crippen LogP contribution >= 0.6 is 15.9 Å². The summed E-state index contributed by atoms with van der Waals surface area (Å²) in [7, 11) is 1.67. The number of anilines is 1. The van der Waals surface area contributed by atoms with E-state index in [9.17, 15) is 4.79 Å². The molecule has 1 aliphatic heterocycles. The fourth-order valence-electron chi connectivity index (χ4n) is 4.22. The van der Waals surface area contributed by atoms with Crippen molar-refractivity contribution >= 4 is 27.5 Å². The number of carbonyl (C=O) groups is 1. The molecule has 0 radical (unpaired) electrons. The van der Waals surface area contributed by atoms with Crippen LogP contribution in [-0.4, -0.2) is 18.3 Å². The third-order valence-electron chi connectivity index (χ3n) is 6.27. The minimum atomic E-state index is -0.118. The van der Waals surface area contributed by atoms with E-state index in [1.165, 1.54) is 0 Å². The zero-order valence-electron chi connectivity index (χ0n) is 18.9. The maximum Gasteiger partial charge on any atom is 0.233 e. The smallest absolute Gasteiger partial charge is 0.233 e. The van der Waals surface area contributed by atoms with Crippen molar-refractivity contribution < 1.29 is 14.3 Å². The Labute approximate surface area is 198 Å². The zero-order valence-corrected chi connectivity index (χ0v) is 20.5. The van der Waals surface area contributed by atoms with Crippen LogP contribution in [0.1, 0.15) is 33.9 Å². The molecule has 5 heteroatoms. The van der Waals surface area contributed by atoms with Crippen LogP contribution in [0.15, 0.2) is 60.7 Å². The lowest BCUT2D eigenvalue weighted by Gasteiger charge is -2.47. The van der Waals surface area contributed by atoms with Crippen molar-refractivity contribution in [2.75, 3.05) is 17.3 Å². The van der Waals surface area contributed by atoms with Crippen LogP contribution in [0, 0.1) is 26.7 Å². The van der Waals surface area contributed by atoms with Gasteiger partial charge in [0.05, 0.1) is 19.1 Å². The molecule has 0 aromatic heterocycles. The average molecular weight is 494 g/mol. The van der Waals surface area contributed by atoms with Crippen molar-refractivity contribution in [3.8, 4) is 11.5 Å². The van der Waals surface area contributed by atoms with Crippen LogP contribution in [0.4, 0.5) is 5.69 Å². The first kappa shape index (κ1) is 22.4. The Morgan fingerprint density at radius 1 is 0.938 bits per heavy atom. The Kier molecular flexibility index (Phi) is 6.56. The number of benzene rings is 3. The summed E-state index contributed by atoms with van der Waals surface area (Å²) in [5.74, 6) is 1.64. The number of nitrogens with zero attached hydrogens (tertiary/aromatic N) is 1. The SMILES string of the molecule is COc1cc(N2C(=O)[C@@H](CBr)[C@@H]2c2ccc(C)c(OCc3ccccc3)c2)cc(C)c1C. The van der Waals surface area contributed by atoms with Crippen molar-refractivity contribution in [3.63, 3.8) is 0 Å². The lowest BCUT2D eigenvalue weighted by atomic mass is 9.82. The van der Waals surface area contributed by atoms with Crippen molar-refractivity contribution in [2.24, 2.45) is 5.92 Å². The van der Waals surface area contributed by atoms with Gasteiger partial charge in [-0.1, -0.05) is 58.4 Å². The number of hydrogen-bond donors (Lipinski definition) is 0. The van der Waals surface area contributed by atoms with E-state index >= 15 is 0 Å². The molecule has 0 aliphatic carbocycles. The fourth-order valence-corrected chi connectivity index (χ4v) is 4.85. The zero-order chi connectivity index (χ0) is 22.8. The van der Waals surface area contributed by atoms with E-state index < -0.39 is 0 Å². The van der Waals surface area contributed by atoms with Gasteiger partial charge in [0, 0.05) is 17.1 Å². The normalized spacial score (nSPS) is 17.8. The molecule has 0 unspecified atom stereocenters. The quantitative estimate of drug-likeness (QED) is 0.286. The molecule has 1 heterocycles. The summed E-state index contributed by atoms with van der Waals surface area (Å²) in [4.78, 5) is 14.9. The maximum absolute atomic E-state index is 13.1. The topological polar surface area (TPSA) is 38.8 Å². The van der Waals surface area contributed by atoms with Gasteiger partial charge in [-0.25, -0.2) is 0 Å².